The number of anilines is 1. The van der Waals surface area contributed by atoms with E-state index in [2.05, 4.69) is 46.5 Å². The van der Waals surface area contributed by atoms with Crippen molar-refractivity contribution in [2.75, 3.05) is 12.4 Å². The third kappa shape index (κ3) is 3.97. The molecule has 22 heavy (non-hydrogen) atoms. The number of rotatable bonds is 7. The predicted octanol–water partition coefficient (Wildman–Crippen LogP) is 4.45. The molecule has 0 fully saturated rings. The summed E-state index contributed by atoms with van der Waals surface area (Å²) < 4.78 is 5.33. The first-order valence-electron chi connectivity index (χ1n) is 7.86. The van der Waals surface area contributed by atoms with Gasteiger partial charge in [-0.15, -0.1) is 0 Å². The zero-order valence-electron chi connectivity index (χ0n) is 13.9. The lowest BCUT2D eigenvalue weighted by molar-refractivity contribution is 0.403. The highest BCUT2D eigenvalue weighted by atomic mass is 16.5. The van der Waals surface area contributed by atoms with Crippen molar-refractivity contribution in [2.24, 2.45) is 0 Å². The van der Waals surface area contributed by atoms with Gasteiger partial charge in [0.05, 0.1) is 24.5 Å². The van der Waals surface area contributed by atoms with Crippen molar-refractivity contribution in [1.82, 2.24) is 9.97 Å². The van der Waals surface area contributed by atoms with E-state index in [1.165, 1.54) is 18.4 Å². The Labute approximate surface area is 133 Å². The van der Waals surface area contributed by atoms with Gasteiger partial charge < -0.3 is 10.1 Å². The van der Waals surface area contributed by atoms with E-state index in [4.69, 9.17) is 4.74 Å². The molecule has 0 aliphatic heterocycles. The number of methoxy groups -OCH3 is 1. The smallest absolute Gasteiger partial charge is 0.223 e. The van der Waals surface area contributed by atoms with Crippen molar-refractivity contribution in [1.29, 1.82) is 0 Å². The van der Waals surface area contributed by atoms with Gasteiger partial charge in [-0.05, 0) is 25.8 Å². The molecule has 4 heteroatoms. The lowest BCUT2D eigenvalue weighted by Gasteiger charge is -2.20. The van der Waals surface area contributed by atoms with Crippen molar-refractivity contribution in [2.45, 2.75) is 46.1 Å². The van der Waals surface area contributed by atoms with E-state index in [0.717, 1.165) is 23.6 Å². The summed E-state index contributed by atoms with van der Waals surface area (Å²) in [5.74, 6) is 1.43. The molecule has 0 aliphatic rings. The molecule has 0 amide bonds. The molecule has 1 atom stereocenters. The Hall–Kier alpha value is -2.10. The van der Waals surface area contributed by atoms with E-state index in [9.17, 15) is 0 Å². The second-order valence-corrected chi connectivity index (χ2v) is 5.50. The molecule has 0 bridgehead atoms. The highest BCUT2D eigenvalue weighted by Crippen LogP contribution is 2.26. The molecule has 1 unspecified atom stereocenters. The quantitative estimate of drug-likeness (QED) is 0.820. The molecule has 1 N–H and O–H groups in total. The number of hydrogen-bond donors (Lipinski definition) is 1. The fraction of sp³-hybridized carbons (Fsp3) is 0.444. The summed E-state index contributed by atoms with van der Waals surface area (Å²) in [4.78, 5) is 9.06. The minimum Gasteiger partial charge on any atom is -0.493 e. The van der Waals surface area contributed by atoms with E-state index in [0.29, 0.717) is 5.95 Å². The number of hydrogen-bond acceptors (Lipinski definition) is 4. The Morgan fingerprint density at radius 2 is 1.73 bits per heavy atom. The predicted molar refractivity (Wildman–Crippen MR) is 90.4 cm³/mol. The molecule has 2 rings (SSSR count). The minimum absolute atomic E-state index is 0.230. The summed E-state index contributed by atoms with van der Waals surface area (Å²) in [5.41, 5.74) is 2.99. The van der Waals surface area contributed by atoms with Crippen LogP contribution in [-0.4, -0.2) is 17.1 Å². The largest absolute Gasteiger partial charge is 0.493 e. The first-order valence-corrected chi connectivity index (χ1v) is 7.86. The van der Waals surface area contributed by atoms with Crippen LogP contribution in [-0.2, 0) is 0 Å². The summed E-state index contributed by atoms with van der Waals surface area (Å²) >= 11 is 0. The molecular weight excluding hydrogens is 274 g/mol. The Morgan fingerprint density at radius 3 is 2.27 bits per heavy atom. The van der Waals surface area contributed by atoms with Gasteiger partial charge in [0.2, 0.25) is 5.95 Å². The Morgan fingerprint density at radius 1 is 1.09 bits per heavy atom. The summed E-state index contributed by atoms with van der Waals surface area (Å²) in [5, 5.41) is 3.49. The summed E-state index contributed by atoms with van der Waals surface area (Å²) in [6, 6.07) is 10.7. The second-order valence-electron chi connectivity index (χ2n) is 5.50. The number of aryl methyl sites for hydroxylation is 2. The number of nitrogens with zero attached hydrogens (tertiary/aromatic N) is 2. The van der Waals surface area contributed by atoms with Crippen LogP contribution in [0.3, 0.4) is 0 Å². The molecule has 118 valence electrons. The Bertz CT molecular complexity index is 576. The van der Waals surface area contributed by atoms with Crippen LogP contribution in [0.5, 0.6) is 5.75 Å². The lowest BCUT2D eigenvalue weighted by Crippen LogP contribution is -2.14. The van der Waals surface area contributed by atoms with Gasteiger partial charge in [-0.25, -0.2) is 9.97 Å². The Kier molecular flexibility index (Phi) is 5.75. The monoisotopic (exact) mass is 299 g/mol. The van der Waals surface area contributed by atoms with Gasteiger partial charge in [0, 0.05) is 0 Å². The lowest BCUT2D eigenvalue weighted by atomic mass is 10.0. The molecule has 1 aromatic carbocycles. The molecule has 0 saturated heterocycles. The second kappa shape index (κ2) is 7.78. The third-order valence-electron chi connectivity index (χ3n) is 3.76. The molecule has 0 spiro atoms. The maximum atomic E-state index is 5.33. The number of aromatic nitrogens is 2. The van der Waals surface area contributed by atoms with E-state index in [-0.39, 0.29) is 6.04 Å². The highest BCUT2D eigenvalue weighted by molar-refractivity contribution is 5.40. The topological polar surface area (TPSA) is 47.0 Å². The molecule has 4 nitrogen and oxygen atoms in total. The van der Waals surface area contributed by atoms with Crippen LogP contribution in [0, 0.1) is 13.8 Å². The van der Waals surface area contributed by atoms with Gasteiger partial charge in [0.25, 0.3) is 0 Å². The van der Waals surface area contributed by atoms with Crippen molar-refractivity contribution in [3.63, 3.8) is 0 Å². The molecule has 0 radical (unpaired) electrons. The van der Waals surface area contributed by atoms with Crippen LogP contribution in [0.1, 0.15) is 49.2 Å². The van der Waals surface area contributed by atoms with E-state index in [1.807, 2.05) is 19.9 Å². The van der Waals surface area contributed by atoms with Gasteiger partial charge in [0.15, 0.2) is 5.75 Å². The SMILES string of the molecule is CCCCC(Nc1nc(C)c(OC)c(C)n1)c1ccccc1. The average molecular weight is 299 g/mol. The van der Waals surface area contributed by atoms with Crippen molar-refractivity contribution < 1.29 is 4.74 Å². The van der Waals surface area contributed by atoms with Gasteiger partial charge in [-0.3, -0.25) is 0 Å². The van der Waals surface area contributed by atoms with Crippen LogP contribution in [0.2, 0.25) is 0 Å². The van der Waals surface area contributed by atoms with Crippen LogP contribution >= 0.6 is 0 Å². The van der Waals surface area contributed by atoms with Crippen LogP contribution in [0.15, 0.2) is 30.3 Å². The van der Waals surface area contributed by atoms with E-state index >= 15 is 0 Å². The van der Waals surface area contributed by atoms with Crippen molar-refractivity contribution >= 4 is 5.95 Å². The number of unbranched alkanes of at least 4 members (excludes halogenated alkanes) is 1. The minimum atomic E-state index is 0.230. The van der Waals surface area contributed by atoms with Gasteiger partial charge in [-0.2, -0.15) is 0 Å². The zero-order chi connectivity index (χ0) is 15.9. The fourth-order valence-corrected chi connectivity index (χ4v) is 2.64. The fourth-order valence-electron chi connectivity index (χ4n) is 2.64. The van der Waals surface area contributed by atoms with E-state index in [1.54, 1.807) is 7.11 Å². The maximum Gasteiger partial charge on any atom is 0.223 e. The van der Waals surface area contributed by atoms with Crippen molar-refractivity contribution in [3.8, 4) is 5.75 Å². The first-order chi connectivity index (χ1) is 10.7. The number of benzene rings is 1. The summed E-state index contributed by atoms with van der Waals surface area (Å²) in [6.07, 6.45) is 3.40. The molecule has 0 saturated carbocycles. The van der Waals surface area contributed by atoms with E-state index < -0.39 is 0 Å². The van der Waals surface area contributed by atoms with Crippen LogP contribution < -0.4 is 10.1 Å². The molecule has 1 aromatic heterocycles. The highest BCUT2D eigenvalue weighted by Gasteiger charge is 2.14. The molecule has 2 aromatic rings. The molecule has 0 aliphatic carbocycles. The van der Waals surface area contributed by atoms with Gasteiger partial charge in [-0.1, -0.05) is 50.1 Å². The number of ether oxygens (including phenoxy) is 1. The Balaban J connectivity index is 2.23. The third-order valence-corrected chi connectivity index (χ3v) is 3.76. The van der Waals surface area contributed by atoms with Crippen LogP contribution in [0.4, 0.5) is 5.95 Å². The normalized spacial score (nSPS) is 12.0. The standard InChI is InChI=1S/C18H25N3O/c1-5-6-12-16(15-10-8-7-9-11-15)21-18-19-13(2)17(22-4)14(3)20-18/h7-11,16H,5-6,12H2,1-4H3,(H,19,20,21). The van der Waals surface area contributed by atoms with Gasteiger partial charge in [0.1, 0.15) is 0 Å². The van der Waals surface area contributed by atoms with Crippen molar-refractivity contribution in [3.05, 3.63) is 47.3 Å². The number of nitrogens with one attached hydrogen (secondary N) is 1. The zero-order valence-corrected chi connectivity index (χ0v) is 13.9. The first kappa shape index (κ1) is 16.3. The molecule has 1 heterocycles. The summed E-state index contributed by atoms with van der Waals surface area (Å²) in [6.45, 7) is 6.10. The van der Waals surface area contributed by atoms with Crippen LogP contribution in [0.25, 0.3) is 0 Å². The van der Waals surface area contributed by atoms with Gasteiger partial charge >= 0.3 is 0 Å². The maximum absolute atomic E-state index is 5.33. The molecular formula is C18H25N3O. The average Bonchev–Trinajstić information content (AvgIpc) is 2.52. The summed E-state index contributed by atoms with van der Waals surface area (Å²) in [7, 11) is 1.65.